The Balaban J connectivity index is 1.89. The van der Waals surface area contributed by atoms with Gasteiger partial charge in [-0.3, -0.25) is 14.6 Å². The molecule has 2 aromatic rings. The van der Waals surface area contributed by atoms with Crippen LogP contribution in [0.4, 0.5) is 0 Å². The van der Waals surface area contributed by atoms with Gasteiger partial charge in [0.1, 0.15) is 0 Å². The molecule has 0 spiro atoms. The number of amides is 1. The van der Waals surface area contributed by atoms with Gasteiger partial charge < -0.3 is 9.64 Å². The van der Waals surface area contributed by atoms with Crippen molar-refractivity contribution in [2.24, 2.45) is 11.3 Å². The monoisotopic (exact) mass is 380 g/mol. The summed E-state index contributed by atoms with van der Waals surface area (Å²) in [6.07, 6.45) is 2.38. The smallest absolute Gasteiger partial charge is 0.314 e. The minimum absolute atomic E-state index is 0.0397. The molecule has 1 aliphatic heterocycles. The van der Waals surface area contributed by atoms with Crippen LogP contribution in [0.1, 0.15) is 43.1 Å². The lowest BCUT2D eigenvalue weighted by Gasteiger charge is -2.31. The highest BCUT2D eigenvalue weighted by Crippen LogP contribution is 2.40. The number of carbonyl (C=O) groups excluding carboxylic acids is 2. The summed E-state index contributed by atoms with van der Waals surface area (Å²) in [6.45, 7) is 9.13. The van der Waals surface area contributed by atoms with Gasteiger partial charge >= 0.3 is 5.97 Å². The van der Waals surface area contributed by atoms with E-state index in [1.54, 1.807) is 11.1 Å². The number of esters is 1. The quantitative estimate of drug-likeness (QED) is 0.733. The minimum atomic E-state index is -0.627. The fourth-order valence-electron chi connectivity index (χ4n) is 3.99. The Morgan fingerprint density at radius 1 is 1.21 bits per heavy atom. The van der Waals surface area contributed by atoms with E-state index in [0.29, 0.717) is 31.7 Å². The van der Waals surface area contributed by atoms with Crippen LogP contribution in [0, 0.1) is 18.3 Å². The topological polar surface area (TPSA) is 59.5 Å². The van der Waals surface area contributed by atoms with Crippen molar-refractivity contribution >= 4 is 11.9 Å². The van der Waals surface area contributed by atoms with E-state index in [9.17, 15) is 9.59 Å². The second-order valence-corrected chi connectivity index (χ2v) is 7.70. The molecule has 0 radical (unpaired) electrons. The first-order valence-electron chi connectivity index (χ1n) is 9.88. The Bertz CT molecular complexity index is 863. The Morgan fingerprint density at radius 3 is 2.64 bits per heavy atom. The van der Waals surface area contributed by atoms with E-state index >= 15 is 0 Å². The third-order valence-corrected chi connectivity index (χ3v) is 5.88. The summed E-state index contributed by atoms with van der Waals surface area (Å²) in [6, 6.07) is 11.5. The largest absolute Gasteiger partial charge is 0.466 e. The zero-order chi connectivity index (χ0) is 20.3. The first-order valence-corrected chi connectivity index (χ1v) is 9.88. The molecular formula is C23H28N2O3. The zero-order valence-electron chi connectivity index (χ0n) is 17.1. The number of ether oxygens (including phenoxy) is 1. The third-order valence-electron chi connectivity index (χ3n) is 5.88. The zero-order valence-corrected chi connectivity index (χ0v) is 17.1. The van der Waals surface area contributed by atoms with E-state index in [2.05, 4.69) is 4.98 Å². The maximum Gasteiger partial charge on any atom is 0.314 e. The van der Waals surface area contributed by atoms with Gasteiger partial charge in [-0.05, 0) is 49.9 Å². The maximum atomic E-state index is 13.3. The van der Waals surface area contributed by atoms with Crippen LogP contribution in [0.3, 0.4) is 0 Å². The molecule has 1 unspecified atom stereocenters. The van der Waals surface area contributed by atoms with Crippen molar-refractivity contribution in [1.29, 1.82) is 0 Å². The molecule has 1 fully saturated rings. The van der Waals surface area contributed by atoms with Crippen LogP contribution < -0.4 is 0 Å². The maximum absolute atomic E-state index is 13.3. The van der Waals surface area contributed by atoms with Gasteiger partial charge in [-0.25, -0.2) is 0 Å². The number of rotatable bonds is 5. The molecule has 2 heterocycles. The molecule has 28 heavy (non-hydrogen) atoms. The van der Waals surface area contributed by atoms with E-state index in [1.807, 2.05) is 64.1 Å². The highest BCUT2D eigenvalue weighted by Gasteiger charge is 2.49. The molecular weight excluding hydrogens is 352 g/mol. The summed E-state index contributed by atoms with van der Waals surface area (Å²) in [5, 5.41) is 0. The van der Waals surface area contributed by atoms with Gasteiger partial charge in [0.2, 0.25) is 0 Å². The number of hydrogen-bond donors (Lipinski definition) is 0. The Labute approximate surface area is 166 Å². The minimum Gasteiger partial charge on any atom is -0.466 e. The molecule has 3 rings (SSSR count). The van der Waals surface area contributed by atoms with Crippen molar-refractivity contribution in [2.75, 3.05) is 19.7 Å². The molecule has 0 aliphatic carbocycles. The first-order chi connectivity index (χ1) is 13.4. The lowest BCUT2D eigenvalue weighted by molar-refractivity contribution is -0.157. The molecule has 0 N–H and O–H groups in total. The van der Waals surface area contributed by atoms with Crippen molar-refractivity contribution < 1.29 is 14.3 Å². The fourth-order valence-corrected chi connectivity index (χ4v) is 3.99. The predicted octanol–water partition coefficient (Wildman–Crippen LogP) is 4.11. The molecule has 5 heteroatoms. The van der Waals surface area contributed by atoms with Gasteiger partial charge in [-0.15, -0.1) is 0 Å². The molecule has 148 valence electrons. The van der Waals surface area contributed by atoms with Gasteiger partial charge in [-0.1, -0.05) is 32.0 Å². The van der Waals surface area contributed by atoms with Crippen LogP contribution in [-0.4, -0.2) is 41.5 Å². The van der Waals surface area contributed by atoms with Crippen molar-refractivity contribution in [2.45, 2.75) is 34.1 Å². The summed E-state index contributed by atoms with van der Waals surface area (Å²) in [4.78, 5) is 32.2. The molecule has 1 amide bonds. The fraction of sp³-hybridized carbons (Fsp3) is 0.435. The number of benzene rings is 1. The average molecular weight is 380 g/mol. The van der Waals surface area contributed by atoms with Crippen LogP contribution >= 0.6 is 0 Å². The Morgan fingerprint density at radius 2 is 2.00 bits per heavy atom. The molecule has 1 aromatic carbocycles. The highest BCUT2D eigenvalue weighted by atomic mass is 16.5. The predicted molar refractivity (Wildman–Crippen MR) is 109 cm³/mol. The van der Waals surface area contributed by atoms with Crippen LogP contribution in [0.2, 0.25) is 0 Å². The first kappa shape index (κ1) is 20.1. The summed E-state index contributed by atoms with van der Waals surface area (Å²) in [5.74, 6) is -0.133. The van der Waals surface area contributed by atoms with E-state index in [0.717, 1.165) is 16.8 Å². The van der Waals surface area contributed by atoms with Crippen molar-refractivity contribution in [3.05, 3.63) is 53.7 Å². The van der Waals surface area contributed by atoms with Gasteiger partial charge in [0.25, 0.3) is 5.91 Å². The molecule has 1 saturated heterocycles. The average Bonchev–Trinajstić information content (AvgIpc) is 3.15. The Kier molecular flexibility index (Phi) is 5.82. The molecule has 1 atom stereocenters. The summed E-state index contributed by atoms with van der Waals surface area (Å²) in [7, 11) is 0. The van der Waals surface area contributed by atoms with Gasteiger partial charge in [0.05, 0.1) is 17.7 Å². The normalized spacial score (nSPS) is 19.1. The number of pyridine rings is 1. The van der Waals surface area contributed by atoms with Crippen LogP contribution in [0.25, 0.3) is 11.3 Å². The SMILES string of the molecule is CCOC(=O)C1(C(C)C)CCN(C(=O)c2cccc(-c3ccccn3)c2C)C1. The van der Waals surface area contributed by atoms with E-state index in [1.165, 1.54) is 0 Å². The number of aromatic nitrogens is 1. The number of likely N-dealkylation sites (tertiary alicyclic amines) is 1. The number of hydrogen-bond acceptors (Lipinski definition) is 4. The summed E-state index contributed by atoms with van der Waals surface area (Å²) < 4.78 is 5.34. The van der Waals surface area contributed by atoms with Crippen molar-refractivity contribution in [3.63, 3.8) is 0 Å². The standard InChI is InChI=1S/C23H28N2O3/c1-5-28-22(27)23(16(2)3)12-14-25(15-23)21(26)19-10-8-9-18(17(19)4)20-11-6-7-13-24-20/h6-11,13,16H,5,12,14-15H2,1-4H3. The molecule has 5 nitrogen and oxygen atoms in total. The van der Waals surface area contributed by atoms with Crippen molar-refractivity contribution in [3.8, 4) is 11.3 Å². The highest BCUT2D eigenvalue weighted by molar-refractivity contribution is 5.98. The van der Waals surface area contributed by atoms with Crippen LogP contribution in [-0.2, 0) is 9.53 Å². The Hall–Kier alpha value is -2.69. The molecule has 0 saturated carbocycles. The van der Waals surface area contributed by atoms with E-state index < -0.39 is 5.41 Å². The van der Waals surface area contributed by atoms with Gasteiger partial charge in [0, 0.05) is 30.4 Å². The van der Waals surface area contributed by atoms with Gasteiger partial charge in [-0.2, -0.15) is 0 Å². The molecule has 1 aliphatic rings. The van der Waals surface area contributed by atoms with Crippen LogP contribution in [0.5, 0.6) is 0 Å². The molecule has 0 bridgehead atoms. The summed E-state index contributed by atoms with van der Waals surface area (Å²) >= 11 is 0. The second-order valence-electron chi connectivity index (χ2n) is 7.70. The lowest BCUT2D eigenvalue weighted by Crippen LogP contribution is -2.42. The number of carbonyl (C=O) groups is 2. The lowest BCUT2D eigenvalue weighted by atomic mass is 9.76. The second kappa shape index (κ2) is 8.13. The van der Waals surface area contributed by atoms with E-state index in [-0.39, 0.29) is 17.8 Å². The van der Waals surface area contributed by atoms with Crippen molar-refractivity contribution in [1.82, 2.24) is 9.88 Å². The third kappa shape index (κ3) is 3.53. The summed E-state index contributed by atoms with van der Waals surface area (Å²) in [5.41, 5.74) is 2.74. The van der Waals surface area contributed by atoms with E-state index in [4.69, 9.17) is 4.74 Å². The molecule has 1 aromatic heterocycles. The number of nitrogens with zero attached hydrogens (tertiary/aromatic N) is 2. The van der Waals surface area contributed by atoms with Gasteiger partial charge in [0.15, 0.2) is 0 Å². The van der Waals surface area contributed by atoms with Crippen LogP contribution in [0.15, 0.2) is 42.6 Å².